The molecule has 0 radical (unpaired) electrons. The molecule has 0 N–H and O–H groups in total. The summed E-state index contributed by atoms with van der Waals surface area (Å²) >= 11 is 5.99. The Balaban J connectivity index is 1.63. The molecule has 1 fully saturated rings. The number of nitrogens with zero attached hydrogens (tertiary/aromatic N) is 5. The van der Waals surface area contributed by atoms with Gasteiger partial charge in [-0.1, -0.05) is 0 Å². The molecule has 1 spiro atoms. The second-order valence-corrected chi connectivity index (χ2v) is 8.55. The zero-order valence-electron chi connectivity index (χ0n) is 15.9. The maximum atomic E-state index is 12.4. The fourth-order valence-corrected chi connectivity index (χ4v) is 3.83. The van der Waals surface area contributed by atoms with Crippen molar-refractivity contribution in [3.8, 4) is 0 Å². The Kier molecular flexibility index (Phi) is 4.03. The molecule has 7 nitrogen and oxygen atoms in total. The predicted molar refractivity (Wildman–Crippen MR) is 103 cm³/mol. The summed E-state index contributed by atoms with van der Waals surface area (Å²) in [6, 6.07) is 5.87. The number of anilines is 2. The number of carbonyl (C=O) groups is 1. The second kappa shape index (κ2) is 6.05. The Morgan fingerprint density at radius 3 is 2.59 bits per heavy atom. The van der Waals surface area contributed by atoms with Crippen LogP contribution < -0.4 is 4.90 Å². The summed E-state index contributed by atoms with van der Waals surface area (Å²) in [5, 5.41) is 0.207. The highest BCUT2D eigenvalue weighted by Gasteiger charge is 2.55. The van der Waals surface area contributed by atoms with Crippen molar-refractivity contribution in [3.05, 3.63) is 41.1 Å². The Morgan fingerprint density at radius 2 is 1.93 bits per heavy atom. The number of pyridine rings is 1. The third-order valence-corrected chi connectivity index (χ3v) is 4.98. The van der Waals surface area contributed by atoms with Crippen molar-refractivity contribution in [2.75, 3.05) is 24.5 Å². The molecule has 1 amide bonds. The minimum absolute atomic E-state index is 0.207. The summed E-state index contributed by atoms with van der Waals surface area (Å²) in [7, 11) is 0. The molecule has 1 saturated heterocycles. The van der Waals surface area contributed by atoms with Gasteiger partial charge in [-0.25, -0.2) is 14.8 Å². The number of fused-ring (bicyclic) bond motifs is 2. The molecule has 2 aromatic heterocycles. The quantitative estimate of drug-likeness (QED) is 0.697. The molecule has 0 saturated carbocycles. The van der Waals surface area contributed by atoms with Gasteiger partial charge in [0, 0.05) is 31.5 Å². The van der Waals surface area contributed by atoms with Crippen molar-refractivity contribution in [2.24, 2.45) is 0 Å². The van der Waals surface area contributed by atoms with E-state index in [-0.39, 0.29) is 16.8 Å². The third-order valence-electron chi connectivity index (χ3n) is 4.79. The highest BCUT2D eigenvalue weighted by Crippen LogP contribution is 2.48. The van der Waals surface area contributed by atoms with Crippen molar-refractivity contribution in [3.63, 3.8) is 0 Å². The topological polar surface area (TPSA) is 71.5 Å². The summed E-state index contributed by atoms with van der Waals surface area (Å²) < 4.78 is 5.50. The van der Waals surface area contributed by atoms with Crippen LogP contribution in [0.15, 0.2) is 24.4 Å². The maximum absolute atomic E-state index is 12.4. The number of hydrogen-bond acceptors (Lipinski definition) is 6. The molecule has 0 unspecified atom stereocenters. The van der Waals surface area contributed by atoms with Gasteiger partial charge in [0.15, 0.2) is 0 Å². The summed E-state index contributed by atoms with van der Waals surface area (Å²) in [6.07, 6.45) is 1.36. The van der Waals surface area contributed by atoms with Crippen LogP contribution in [0.1, 0.15) is 32.2 Å². The monoisotopic (exact) mass is 387 g/mol. The predicted octanol–water partition coefficient (Wildman–Crippen LogP) is 3.47. The Hall–Kier alpha value is -2.41. The normalized spacial score (nSPS) is 17.7. The molecule has 8 heteroatoms. The van der Waals surface area contributed by atoms with Crippen LogP contribution in [0.5, 0.6) is 0 Å². The average molecular weight is 388 g/mol. The van der Waals surface area contributed by atoms with Gasteiger partial charge in [-0.05, 0) is 57.5 Å². The molecule has 0 atom stereocenters. The fraction of sp³-hybridized carbons (Fsp3) is 0.474. The van der Waals surface area contributed by atoms with Crippen molar-refractivity contribution < 1.29 is 9.53 Å². The minimum atomic E-state index is -0.508. The molecule has 142 valence electrons. The van der Waals surface area contributed by atoms with Crippen molar-refractivity contribution in [1.82, 2.24) is 19.9 Å². The number of amides is 1. The van der Waals surface area contributed by atoms with Crippen LogP contribution in [-0.2, 0) is 10.2 Å². The van der Waals surface area contributed by atoms with E-state index >= 15 is 0 Å². The standard InChI is InChI=1S/C19H22ClN5O2/c1-12-5-6-13-15(22-12)19(9-24(10-19)17(26)27-18(2,3)4)11-25(13)14-7-8-21-16(20)23-14/h5-8H,9-11H2,1-4H3. The van der Waals surface area contributed by atoms with Crippen LogP contribution in [0.2, 0.25) is 5.28 Å². The summed E-state index contributed by atoms with van der Waals surface area (Å²) in [5.41, 5.74) is 2.21. The number of aromatic nitrogens is 3. The molecule has 27 heavy (non-hydrogen) atoms. The highest BCUT2D eigenvalue weighted by atomic mass is 35.5. The largest absolute Gasteiger partial charge is 0.444 e. The molecule has 4 rings (SSSR count). The van der Waals surface area contributed by atoms with Crippen molar-refractivity contribution in [1.29, 1.82) is 0 Å². The van der Waals surface area contributed by atoms with Gasteiger partial charge in [0.2, 0.25) is 5.28 Å². The molecular weight excluding hydrogens is 366 g/mol. The van der Waals surface area contributed by atoms with E-state index in [0.29, 0.717) is 19.6 Å². The molecule has 0 aliphatic carbocycles. The van der Waals surface area contributed by atoms with Crippen LogP contribution in [0, 0.1) is 6.92 Å². The first-order chi connectivity index (χ1) is 12.7. The Morgan fingerprint density at radius 1 is 1.19 bits per heavy atom. The van der Waals surface area contributed by atoms with Gasteiger partial charge >= 0.3 is 6.09 Å². The van der Waals surface area contributed by atoms with Gasteiger partial charge < -0.3 is 14.5 Å². The maximum Gasteiger partial charge on any atom is 0.410 e. The molecule has 2 aliphatic rings. The second-order valence-electron chi connectivity index (χ2n) is 8.21. The molecule has 2 aromatic rings. The van der Waals surface area contributed by atoms with Gasteiger partial charge in [0.1, 0.15) is 11.4 Å². The first-order valence-corrected chi connectivity index (χ1v) is 9.27. The lowest BCUT2D eigenvalue weighted by Gasteiger charge is -2.47. The zero-order valence-corrected chi connectivity index (χ0v) is 16.6. The Labute approximate surface area is 163 Å². The summed E-state index contributed by atoms with van der Waals surface area (Å²) in [5.74, 6) is 0.731. The van der Waals surface area contributed by atoms with Gasteiger partial charge in [-0.3, -0.25) is 4.98 Å². The van der Waals surface area contributed by atoms with E-state index in [1.165, 1.54) is 0 Å². The molecule has 2 aliphatic heterocycles. The van der Waals surface area contributed by atoms with E-state index in [9.17, 15) is 4.79 Å². The molecule has 0 aromatic carbocycles. The van der Waals surface area contributed by atoms with Gasteiger partial charge in [-0.2, -0.15) is 0 Å². The van der Waals surface area contributed by atoms with Crippen LogP contribution >= 0.6 is 11.6 Å². The van der Waals surface area contributed by atoms with E-state index in [0.717, 1.165) is 22.9 Å². The fourth-order valence-electron chi connectivity index (χ4n) is 3.69. The first kappa shape index (κ1) is 18.0. The SMILES string of the molecule is Cc1ccc2c(n1)C1(CN(C(=O)OC(C)(C)C)C1)CN2c1ccnc(Cl)n1. The number of rotatable bonds is 1. The lowest BCUT2D eigenvalue weighted by atomic mass is 9.78. The third kappa shape index (κ3) is 3.20. The Bertz CT molecular complexity index is 905. The highest BCUT2D eigenvalue weighted by molar-refractivity contribution is 6.28. The van der Waals surface area contributed by atoms with Gasteiger partial charge in [0.05, 0.1) is 16.8 Å². The minimum Gasteiger partial charge on any atom is -0.444 e. The van der Waals surface area contributed by atoms with Crippen LogP contribution in [0.3, 0.4) is 0 Å². The number of hydrogen-bond donors (Lipinski definition) is 0. The number of aryl methyl sites for hydroxylation is 1. The molecule has 0 bridgehead atoms. The zero-order chi connectivity index (χ0) is 19.4. The van der Waals surface area contributed by atoms with E-state index in [2.05, 4.69) is 20.9 Å². The summed E-state index contributed by atoms with van der Waals surface area (Å²) in [6.45, 7) is 9.42. The van der Waals surface area contributed by atoms with Crippen LogP contribution in [-0.4, -0.2) is 51.2 Å². The van der Waals surface area contributed by atoms with Gasteiger partial charge in [-0.15, -0.1) is 0 Å². The van der Waals surface area contributed by atoms with Crippen LogP contribution in [0.25, 0.3) is 0 Å². The van der Waals surface area contributed by atoms with E-state index in [1.54, 1.807) is 11.1 Å². The lowest BCUT2D eigenvalue weighted by Crippen LogP contribution is -2.63. The summed E-state index contributed by atoms with van der Waals surface area (Å²) in [4.78, 5) is 29.3. The van der Waals surface area contributed by atoms with E-state index in [1.807, 2.05) is 39.8 Å². The average Bonchev–Trinajstić information content (AvgIpc) is 2.86. The number of likely N-dealkylation sites (tertiary alicyclic amines) is 1. The van der Waals surface area contributed by atoms with E-state index in [4.69, 9.17) is 21.3 Å². The molecular formula is C19H22ClN5O2. The number of halogens is 1. The number of carbonyl (C=O) groups excluding carboxylic acids is 1. The molecule has 4 heterocycles. The van der Waals surface area contributed by atoms with Crippen molar-refractivity contribution >= 4 is 29.2 Å². The van der Waals surface area contributed by atoms with Crippen LogP contribution in [0.4, 0.5) is 16.3 Å². The first-order valence-electron chi connectivity index (χ1n) is 8.89. The lowest BCUT2D eigenvalue weighted by molar-refractivity contribution is -0.00741. The van der Waals surface area contributed by atoms with E-state index < -0.39 is 5.60 Å². The van der Waals surface area contributed by atoms with Crippen molar-refractivity contribution in [2.45, 2.75) is 38.7 Å². The van der Waals surface area contributed by atoms with Gasteiger partial charge in [0.25, 0.3) is 0 Å². The smallest absolute Gasteiger partial charge is 0.410 e. The number of ether oxygens (including phenoxy) is 1.